The van der Waals surface area contributed by atoms with E-state index in [1.54, 1.807) is 6.07 Å². The second kappa shape index (κ2) is 4.58. The van der Waals surface area contributed by atoms with Crippen LogP contribution in [0.3, 0.4) is 0 Å². The summed E-state index contributed by atoms with van der Waals surface area (Å²) in [7, 11) is 0. The summed E-state index contributed by atoms with van der Waals surface area (Å²) in [4.78, 5) is 0. The largest absolute Gasteiger partial charge is 0.346 e. The van der Waals surface area contributed by atoms with Crippen LogP contribution in [0, 0.1) is 22.7 Å². The quantitative estimate of drug-likeness (QED) is 0.689. The predicted molar refractivity (Wildman–Crippen MR) is 49.4 cm³/mol. The van der Waals surface area contributed by atoms with Crippen LogP contribution in [0.4, 0.5) is 5.69 Å². The van der Waals surface area contributed by atoms with E-state index in [4.69, 9.17) is 10.5 Å². The molecule has 1 aromatic rings. The van der Waals surface area contributed by atoms with Crippen molar-refractivity contribution in [2.45, 2.75) is 0 Å². The minimum absolute atomic E-state index is 0.244. The molecule has 0 aliphatic carbocycles. The number of anilines is 1. The minimum atomic E-state index is 0.244. The van der Waals surface area contributed by atoms with Crippen molar-refractivity contribution in [3.63, 3.8) is 0 Å². The molecular weight excluding hydrogens is 162 g/mol. The van der Waals surface area contributed by atoms with Crippen molar-refractivity contribution in [2.75, 3.05) is 5.32 Å². The normalized spacial score (nSPS) is 9.85. The van der Waals surface area contributed by atoms with E-state index in [9.17, 15) is 0 Å². The maximum absolute atomic E-state index is 8.59. The van der Waals surface area contributed by atoms with Gasteiger partial charge in [-0.05, 0) is 12.1 Å². The van der Waals surface area contributed by atoms with Crippen LogP contribution in [0.25, 0.3) is 0 Å². The lowest BCUT2D eigenvalue weighted by atomic mass is 10.3. The molecule has 1 N–H and O–H groups in total. The van der Waals surface area contributed by atoms with E-state index < -0.39 is 0 Å². The van der Waals surface area contributed by atoms with Crippen molar-refractivity contribution in [3.8, 4) is 12.1 Å². The summed E-state index contributed by atoms with van der Waals surface area (Å²) in [6.07, 6.45) is 1.17. The molecule has 0 atom stereocenters. The van der Waals surface area contributed by atoms with Crippen LogP contribution in [0.1, 0.15) is 0 Å². The van der Waals surface area contributed by atoms with Crippen molar-refractivity contribution in [1.82, 2.24) is 0 Å². The first kappa shape index (κ1) is 8.83. The highest BCUT2D eigenvalue weighted by Crippen LogP contribution is 2.07. The Labute approximate surface area is 76.5 Å². The maximum atomic E-state index is 8.59. The number of nitriles is 2. The molecule has 0 saturated carbocycles. The van der Waals surface area contributed by atoms with E-state index in [0.29, 0.717) is 0 Å². The topological polar surface area (TPSA) is 59.6 Å². The van der Waals surface area contributed by atoms with Crippen LogP contribution in [0.2, 0.25) is 0 Å². The molecule has 0 bridgehead atoms. The monoisotopic (exact) mass is 169 g/mol. The molecular formula is C10H7N3. The van der Waals surface area contributed by atoms with Crippen molar-refractivity contribution < 1.29 is 0 Å². The van der Waals surface area contributed by atoms with Crippen LogP contribution >= 0.6 is 0 Å². The SMILES string of the molecule is N#CC=C(C#N)Nc1ccccc1. The highest BCUT2D eigenvalue weighted by atomic mass is 14.9. The predicted octanol–water partition coefficient (Wildman–Crippen LogP) is 2.03. The molecule has 0 fully saturated rings. The first-order valence-corrected chi connectivity index (χ1v) is 3.69. The number of nitrogens with one attached hydrogen (secondary N) is 1. The van der Waals surface area contributed by atoms with Gasteiger partial charge in [0.2, 0.25) is 0 Å². The van der Waals surface area contributed by atoms with Crippen LogP contribution in [-0.4, -0.2) is 0 Å². The first-order valence-electron chi connectivity index (χ1n) is 3.69. The Hall–Kier alpha value is -2.26. The summed E-state index contributed by atoms with van der Waals surface area (Å²) in [6.45, 7) is 0. The third kappa shape index (κ3) is 2.69. The number of hydrogen-bond donors (Lipinski definition) is 1. The third-order valence-electron chi connectivity index (χ3n) is 1.38. The molecule has 0 aliphatic rings. The molecule has 0 heterocycles. The fourth-order valence-corrected chi connectivity index (χ4v) is 0.838. The molecule has 0 saturated heterocycles. The summed E-state index contributed by atoms with van der Waals surface area (Å²) in [5, 5.41) is 19.7. The van der Waals surface area contributed by atoms with Crippen LogP contribution in [-0.2, 0) is 0 Å². The van der Waals surface area contributed by atoms with Gasteiger partial charge in [-0.2, -0.15) is 10.5 Å². The zero-order valence-corrected chi connectivity index (χ0v) is 6.86. The van der Waals surface area contributed by atoms with Crippen molar-refractivity contribution in [3.05, 3.63) is 42.1 Å². The zero-order valence-electron chi connectivity index (χ0n) is 6.86. The summed E-state index contributed by atoms with van der Waals surface area (Å²) in [5.41, 5.74) is 1.04. The van der Waals surface area contributed by atoms with Gasteiger partial charge in [0.1, 0.15) is 11.8 Å². The van der Waals surface area contributed by atoms with Crippen molar-refractivity contribution >= 4 is 5.69 Å². The molecule has 13 heavy (non-hydrogen) atoms. The van der Waals surface area contributed by atoms with E-state index in [-0.39, 0.29) is 5.70 Å². The van der Waals surface area contributed by atoms with E-state index in [2.05, 4.69) is 5.32 Å². The van der Waals surface area contributed by atoms with Gasteiger partial charge in [-0.25, -0.2) is 0 Å². The molecule has 0 aliphatic heterocycles. The Balaban J connectivity index is 2.77. The summed E-state index contributed by atoms with van der Waals surface area (Å²) < 4.78 is 0. The number of allylic oxidation sites excluding steroid dienone is 2. The third-order valence-corrected chi connectivity index (χ3v) is 1.38. The lowest BCUT2D eigenvalue weighted by molar-refractivity contribution is 1.42. The molecule has 62 valence electrons. The van der Waals surface area contributed by atoms with Gasteiger partial charge in [-0.1, -0.05) is 18.2 Å². The van der Waals surface area contributed by atoms with Gasteiger partial charge in [0, 0.05) is 5.69 Å². The fourth-order valence-electron chi connectivity index (χ4n) is 0.838. The Morgan fingerprint density at radius 3 is 2.46 bits per heavy atom. The average molecular weight is 169 g/mol. The van der Waals surface area contributed by atoms with Gasteiger partial charge in [0.05, 0.1) is 12.1 Å². The van der Waals surface area contributed by atoms with E-state index >= 15 is 0 Å². The van der Waals surface area contributed by atoms with Gasteiger partial charge >= 0.3 is 0 Å². The lowest BCUT2D eigenvalue weighted by Gasteiger charge is -2.01. The van der Waals surface area contributed by atoms with Gasteiger partial charge < -0.3 is 5.32 Å². The molecule has 0 radical (unpaired) electrons. The zero-order chi connectivity index (χ0) is 9.52. The van der Waals surface area contributed by atoms with E-state index in [0.717, 1.165) is 5.69 Å². The van der Waals surface area contributed by atoms with Gasteiger partial charge in [0.15, 0.2) is 0 Å². The van der Waals surface area contributed by atoms with Crippen LogP contribution in [0.5, 0.6) is 0 Å². The summed E-state index contributed by atoms with van der Waals surface area (Å²) in [5.74, 6) is 0. The Morgan fingerprint density at radius 1 is 1.23 bits per heavy atom. The second-order valence-corrected chi connectivity index (χ2v) is 2.29. The van der Waals surface area contributed by atoms with Crippen molar-refractivity contribution in [2.24, 2.45) is 0 Å². The van der Waals surface area contributed by atoms with Gasteiger partial charge in [-0.3, -0.25) is 0 Å². The van der Waals surface area contributed by atoms with Crippen molar-refractivity contribution in [1.29, 1.82) is 10.5 Å². The van der Waals surface area contributed by atoms with Crippen LogP contribution < -0.4 is 5.32 Å². The first-order chi connectivity index (χ1) is 6.36. The smallest absolute Gasteiger partial charge is 0.128 e. The number of para-hydroxylation sites is 1. The maximum Gasteiger partial charge on any atom is 0.128 e. The summed E-state index contributed by atoms with van der Waals surface area (Å²) >= 11 is 0. The summed E-state index contributed by atoms with van der Waals surface area (Å²) in [6, 6.07) is 12.9. The van der Waals surface area contributed by atoms with Gasteiger partial charge in [-0.15, -0.1) is 0 Å². The Kier molecular flexibility index (Phi) is 3.11. The number of nitrogens with zero attached hydrogens (tertiary/aromatic N) is 2. The molecule has 1 rings (SSSR count). The minimum Gasteiger partial charge on any atom is -0.346 e. The second-order valence-electron chi connectivity index (χ2n) is 2.29. The van der Waals surface area contributed by atoms with Crippen LogP contribution in [0.15, 0.2) is 42.1 Å². The molecule has 0 amide bonds. The highest BCUT2D eigenvalue weighted by Gasteiger charge is 1.93. The molecule has 0 aromatic heterocycles. The number of rotatable bonds is 2. The molecule has 0 unspecified atom stereocenters. The number of benzene rings is 1. The average Bonchev–Trinajstić information content (AvgIpc) is 2.19. The fraction of sp³-hybridized carbons (Fsp3) is 0. The number of hydrogen-bond acceptors (Lipinski definition) is 3. The molecule has 0 spiro atoms. The Morgan fingerprint density at radius 2 is 1.92 bits per heavy atom. The Bertz CT molecular complexity index is 379. The molecule has 1 aromatic carbocycles. The molecule has 3 nitrogen and oxygen atoms in total. The van der Waals surface area contributed by atoms with E-state index in [1.165, 1.54) is 6.08 Å². The van der Waals surface area contributed by atoms with E-state index in [1.807, 2.05) is 36.4 Å². The molecule has 3 heteroatoms. The lowest BCUT2D eigenvalue weighted by Crippen LogP contribution is -1.95. The van der Waals surface area contributed by atoms with Gasteiger partial charge in [0.25, 0.3) is 0 Å². The highest BCUT2D eigenvalue weighted by molar-refractivity contribution is 5.52. The standard InChI is InChI=1S/C10H7N3/c11-7-6-10(8-12)13-9-4-2-1-3-5-9/h1-6,13H.